The van der Waals surface area contributed by atoms with Crippen molar-refractivity contribution in [2.75, 3.05) is 12.9 Å². The third kappa shape index (κ3) is 3.18. The van der Waals surface area contributed by atoms with Gasteiger partial charge in [0.15, 0.2) is 0 Å². The van der Waals surface area contributed by atoms with Crippen molar-refractivity contribution in [3.05, 3.63) is 35.6 Å². The lowest BCUT2D eigenvalue weighted by Crippen LogP contribution is -2.22. The lowest BCUT2D eigenvalue weighted by Gasteiger charge is -2.21. The standard InChI is InChI=1S/C16H20O4S/c1-5-10-19-14-13(16(2,3)20-15(14)17)11-6-8-12(9-7-11)21(4)18/h6-9H,5,10H2,1-4H3. The zero-order valence-corrected chi connectivity index (χ0v) is 13.6. The molecule has 0 radical (unpaired) electrons. The fourth-order valence-electron chi connectivity index (χ4n) is 2.33. The molecular formula is C16H20O4S. The molecule has 4 nitrogen and oxygen atoms in total. The molecule has 1 aromatic rings. The molecule has 0 saturated carbocycles. The summed E-state index contributed by atoms with van der Waals surface area (Å²) in [5, 5.41) is 0. The Balaban J connectivity index is 2.46. The second kappa shape index (κ2) is 6.02. The monoisotopic (exact) mass is 308 g/mol. The molecular weight excluding hydrogens is 288 g/mol. The first kappa shape index (κ1) is 15.8. The third-order valence-corrected chi connectivity index (χ3v) is 4.22. The SMILES string of the molecule is CCCOC1=C(c2ccc(S(C)=O)cc2)C(C)(C)OC1=O. The number of hydrogen-bond acceptors (Lipinski definition) is 4. The summed E-state index contributed by atoms with van der Waals surface area (Å²) >= 11 is 0. The molecule has 1 atom stereocenters. The Morgan fingerprint density at radius 2 is 1.86 bits per heavy atom. The Morgan fingerprint density at radius 1 is 1.24 bits per heavy atom. The molecule has 0 aromatic heterocycles. The molecule has 0 aliphatic carbocycles. The maximum atomic E-state index is 12.0. The molecule has 1 heterocycles. The number of cyclic esters (lactones) is 1. The van der Waals surface area contributed by atoms with E-state index in [1.54, 1.807) is 18.4 Å². The normalized spacial score (nSPS) is 18.6. The summed E-state index contributed by atoms with van der Waals surface area (Å²) in [4.78, 5) is 12.7. The number of carbonyl (C=O) groups excluding carboxylic acids is 1. The second-order valence-electron chi connectivity index (χ2n) is 5.43. The summed E-state index contributed by atoms with van der Waals surface area (Å²) < 4.78 is 22.5. The molecule has 0 amide bonds. The van der Waals surface area contributed by atoms with Gasteiger partial charge >= 0.3 is 5.97 Å². The van der Waals surface area contributed by atoms with Gasteiger partial charge in [-0.3, -0.25) is 4.21 Å². The minimum atomic E-state index is -1.02. The largest absolute Gasteiger partial charge is 0.486 e. The first-order valence-corrected chi connectivity index (χ1v) is 8.47. The van der Waals surface area contributed by atoms with Crippen molar-refractivity contribution in [2.45, 2.75) is 37.7 Å². The van der Waals surface area contributed by atoms with Crippen molar-refractivity contribution in [3.63, 3.8) is 0 Å². The maximum absolute atomic E-state index is 12.0. The van der Waals surface area contributed by atoms with E-state index in [1.165, 1.54) is 0 Å². The zero-order valence-electron chi connectivity index (χ0n) is 12.8. The molecule has 0 fully saturated rings. The van der Waals surface area contributed by atoms with Crippen LogP contribution in [0.25, 0.3) is 5.57 Å². The highest BCUT2D eigenvalue weighted by atomic mass is 32.2. The fourth-order valence-corrected chi connectivity index (χ4v) is 2.85. The van der Waals surface area contributed by atoms with E-state index >= 15 is 0 Å². The number of esters is 1. The van der Waals surface area contributed by atoms with Gasteiger partial charge in [-0.2, -0.15) is 0 Å². The van der Waals surface area contributed by atoms with Crippen molar-refractivity contribution in [1.29, 1.82) is 0 Å². The summed E-state index contributed by atoms with van der Waals surface area (Å²) in [6.45, 7) is 6.14. The lowest BCUT2D eigenvalue weighted by molar-refractivity contribution is -0.147. The van der Waals surface area contributed by atoms with Gasteiger partial charge in [0, 0.05) is 22.0 Å². The Morgan fingerprint density at radius 3 is 2.38 bits per heavy atom. The summed E-state index contributed by atoms with van der Waals surface area (Å²) in [7, 11) is -1.02. The molecule has 1 aliphatic heterocycles. The highest BCUT2D eigenvalue weighted by molar-refractivity contribution is 7.84. The quantitative estimate of drug-likeness (QED) is 0.785. The van der Waals surface area contributed by atoms with E-state index in [9.17, 15) is 9.00 Å². The molecule has 0 saturated heterocycles. The van der Waals surface area contributed by atoms with Gasteiger partial charge in [0.2, 0.25) is 5.76 Å². The van der Waals surface area contributed by atoms with Crippen molar-refractivity contribution >= 4 is 22.3 Å². The zero-order chi connectivity index (χ0) is 15.6. The molecule has 0 spiro atoms. The van der Waals surface area contributed by atoms with E-state index in [-0.39, 0.29) is 5.76 Å². The van der Waals surface area contributed by atoms with E-state index in [1.807, 2.05) is 32.9 Å². The van der Waals surface area contributed by atoms with Crippen LogP contribution in [0.15, 0.2) is 34.9 Å². The smallest absolute Gasteiger partial charge is 0.374 e. The second-order valence-corrected chi connectivity index (χ2v) is 6.81. The van der Waals surface area contributed by atoms with Gasteiger partial charge in [0.05, 0.1) is 12.2 Å². The van der Waals surface area contributed by atoms with Gasteiger partial charge in [-0.15, -0.1) is 0 Å². The lowest BCUT2D eigenvalue weighted by atomic mass is 9.92. The van der Waals surface area contributed by atoms with Crippen LogP contribution >= 0.6 is 0 Å². The van der Waals surface area contributed by atoms with Crippen LogP contribution < -0.4 is 0 Å². The Labute approximate surface area is 127 Å². The van der Waals surface area contributed by atoms with Gasteiger partial charge in [-0.05, 0) is 38.0 Å². The molecule has 2 rings (SSSR count). The van der Waals surface area contributed by atoms with Gasteiger partial charge in [-0.1, -0.05) is 19.1 Å². The number of ether oxygens (including phenoxy) is 2. The van der Waals surface area contributed by atoms with E-state index in [4.69, 9.17) is 9.47 Å². The van der Waals surface area contributed by atoms with Crippen LogP contribution in [0.3, 0.4) is 0 Å². The van der Waals surface area contributed by atoms with Crippen molar-refractivity contribution in [2.24, 2.45) is 0 Å². The predicted molar refractivity (Wildman–Crippen MR) is 82.1 cm³/mol. The first-order chi connectivity index (χ1) is 9.86. The topological polar surface area (TPSA) is 52.6 Å². The van der Waals surface area contributed by atoms with Gasteiger partial charge in [-0.25, -0.2) is 4.79 Å². The number of benzene rings is 1. The molecule has 1 unspecified atom stereocenters. The summed E-state index contributed by atoms with van der Waals surface area (Å²) in [6, 6.07) is 7.31. The summed E-state index contributed by atoms with van der Waals surface area (Å²) in [6.07, 6.45) is 2.45. The van der Waals surface area contributed by atoms with Crippen LogP contribution in [0.5, 0.6) is 0 Å². The van der Waals surface area contributed by atoms with Gasteiger partial charge in [0.1, 0.15) is 5.60 Å². The van der Waals surface area contributed by atoms with Crippen LogP contribution in [-0.2, 0) is 25.1 Å². The van der Waals surface area contributed by atoms with Crippen molar-refractivity contribution in [1.82, 2.24) is 0 Å². The molecule has 0 N–H and O–H groups in total. The predicted octanol–water partition coefficient (Wildman–Crippen LogP) is 2.90. The Kier molecular flexibility index (Phi) is 4.52. The molecule has 21 heavy (non-hydrogen) atoms. The van der Waals surface area contributed by atoms with Crippen LogP contribution in [0, 0.1) is 0 Å². The Hall–Kier alpha value is -1.62. The van der Waals surface area contributed by atoms with Crippen LogP contribution in [0.4, 0.5) is 0 Å². The highest BCUT2D eigenvalue weighted by Crippen LogP contribution is 2.40. The van der Waals surface area contributed by atoms with Crippen LogP contribution in [0.2, 0.25) is 0 Å². The van der Waals surface area contributed by atoms with Crippen LogP contribution in [-0.4, -0.2) is 28.6 Å². The number of hydrogen-bond donors (Lipinski definition) is 0. The minimum absolute atomic E-state index is 0.284. The summed E-state index contributed by atoms with van der Waals surface area (Å²) in [5.41, 5.74) is 0.869. The summed E-state index contributed by atoms with van der Waals surface area (Å²) in [5.74, 6) is -0.140. The molecule has 0 bridgehead atoms. The number of rotatable bonds is 5. The molecule has 5 heteroatoms. The molecule has 1 aliphatic rings. The minimum Gasteiger partial charge on any atom is -0.486 e. The Bertz CT molecular complexity index is 599. The fraction of sp³-hybridized carbons (Fsp3) is 0.438. The highest BCUT2D eigenvalue weighted by Gasteiger charge is 2.42. The van der Waals surface area contributed by atoms with Crippen molar-refractivity contribution < 1.29 is 18.5 Å². The van der Waals surface area contributed by atoms with Crippen LogP contribution in [0.1, 0.15) is 32.8 Å². The van der Waals surface area contributed by atoms with E-state index in [0.717, 1.165) is 22.5 Å². The van der Waals surface area contributed by atoms with Gasteiger partial charge < -0.3 is 9.47 Å². The van der Waals surface area contributed by atoms with E-state index in [0.29, 0.717) is 6.61 Å². The van der Waals surface area contributed by atoms with Gasteiger partial charge in [0.25, 0.3) is 0 Å². The van der Waals surface area contributed by atoms with Crippen molar-refractivity contribution in [3.8, 4) is 0 Å². The molecule has 1 aromatic carbocycles. The maximum Gasteiger partial charge on any atom is 0.374 e. The van der Waals surface area contributed by atoms with E-state index < -0.39 is 22.4 Å². The average Bonchev–Trinajstić information content (AvgIpc) is 2.65. The average molecular weight is 308 g/mol. The molecule has 114 valence electrons. The first-order valence-electron chi connectivity index (χ1n) is 6.91. The van der Waals surface area contributed by atoms with E-state index in [2.05, 4.69) is 0 Å². The number of carbonyl (C=O) groups is 1. The third-order valence-electron chi connectivity index (χ3n) is 3.29.